The van der Waals surface area contributed by atoms with Gasteiger partial charge in [0.2, 0.25) is 0 Å². The molecule has 0 saturated carbocycles. The molecule has 0 atom stereocenters. The Morgan fingerprint density at radius 3 is 2.30 bits per heavy atom. The number of furan rings is 1. The highest BCUT2D eigenvalue weighted by Gasteiger charge is 2.27. The van der Waals surface area contributed by atoms with E-state index in [2.05, 4.69) is 5.32 Å². The third-order valence-corrected chi connectivity index (χ3v) is 5.96. The van der Waals surface area contributed by atoms with Gasteiger partial charge in [0, 0.05) is 6.54 Å². The van der Waals surface area contributed by atoms with Crippen LogP contribution >= 0.6 is 0 Å². The number of nitrogens with one attached hydrogen (secondary N) is 1. The number of rotatable bonds is 6. The van der Waals surface area contributed by atoms with Crippen molar-refractivity contribution in [1.29, 1.82) is 0 Å². The molecule has 3 rings (SSSR count). The number of sulfonamides is 1. The predicted octanol–water partition coefficient (Wildman–Crippen LogP) is 4.06. The highest BCUT2D eigenvalue weighted by atomic mass is 32.2. The average Bonchev–Trinajstić information content (AvgIpc) is 3.10. The Morgan fingerprint density at radius 2 is 1.67 bits per heavy atom. The van der Waals surface area contributed by atoms with E-state index in [9.17, 15) is 13.2 Å². The van der Waals surface area contributed by atoms with E-state index in [0.717, 1.165) is 0 Å². The topological polar surface area (TPSA) is 79.6 Å². The number of carbonyl (C=O) groups is 1. The standard InChI is InChI=1S/C20H20N2O4S/c1-3-22(16-9-5-4-6-10-16)27(24,25)19-12-8-7-11-17(19)21-20(23)18-14-13-15(2)26-18/h4-14H,3H2,1-2H3,(H,21,23). The summed E-state index contributed by atoms with van der Waals surface area (Å²) in [4.78, 5) is 12.4. The molecule has 0 saturated heterocycles. The van der Waals surface area contributed by atoms with Crippen LogP contribution in [-0.2, 0) is 10.0 Å². The van der Waals surface area contributed by atoms with Crippen LogP contribution in [0, 0.1) is 6.92 Å². The molecule has 1 heterocycles. The van der Waals surface area contributed by atoms with Crippen molar-refractivity contribution in [3.8, 4) is 0 Å². The van der Waals surface area contributed by atoms with Crippen LogP contribution in [-0.4, -0.2) is 20.9 Å². The van der Waals surface area contributed by atoms with Gasteiger partial charge in [-0.25, -0.2) is 8.42 Å². The Morgan fingerprint density at radius 1 is 1.00 bits per heavy atom. The summed E-state index contributed by atoms with van der Waals surface area (Å²) in [5.41, 5.74) is 0.758. The monoisotopic (exact) mass is 384 g/mol. The maximum Gasteiger partial charge on any atom is 0.291 e. The second-order valence-electron chi connectivity index (χ2n) is 5.87. The molecule has 2 aromatic carbocycles. The second kappa shape index (κ2) is 7.67. The zero-order chi connectivity index (χ0) is 19.4. The van der Waals surface area contributed by atoms with E-state index in [4.69, 9.17) is 4.42 Å². The zero-order valence-corrected chi connectivity index (χ0v) is 15.9. The molecule has 27 heavy (non-hydrogen) atoms. The molecule has 140 valence electrons. The second-order valence-corrected chi connectivity index (χ2v) is 7.70. The quantitative estimate of drug-likeness (QED) is 0.695. The molecule has 0 aliphatic rings. The van der Waals surface area contributed by atoms with Gasteiger partial charge in [0.15, 0.2) is 5.76 Å². The van der Waals surface area contributed by atoms with Gasteiger partial charge in [0.05, 0.1) is 11.4 Å². The van der Waals surface area contributed by atoms with Crippen molar-refractivity contribution < 1.29 is 17.6 Å². The Balaban J connectivity index is 1.98. The summed E-state index contributed by atoms with van der Waals surface area (Å²) in [6.45, 7) is 3.75. The molecule has 1 aromatic heterocycles. The van der Waals surface area contributed by atoms with Gasteiger partial charge in [-0.3, -0.25) is 9.10 Å². The average molecular weight is 384 g/mol. The molecule has 0 aliphatic carbocycles. The molecule has 6 nitrogen and oxygen atoms in total. The van der Waals surface area contributed by atoms with Crippen molar-refractivity contribution in [2.24, 2.45) is 0 Å². The summed E-state index contributed by atoms with van der Waals surface area (Å²) in [7, 11) is -3.87. The van der Waals surface area contributed by atoms with Crippen molar-refractivity contribution in [1.82, 2.24) is 0 Å². The lowest BCUT2D eigenvalue weighted by Gasteiger charge is -2.24. The number of anilines is 2. The van der Waals surface area contributed by atoms with Crippen LogP contribution in [0.3, 0.4) is 0 Å². The Hall–Kier alpha value is -3.06. The SMILES string of the molecule is CCN(c1ccccc1)S(=O)(=O)c1ccccc1NC(=O)c1ccc(C)o1. The van der Waals surface area contributed by atoms with Gasteiger partial charge in [0.25, 0.3) is 15.9 Å². The maximum atomic E-state index is 13.3. The van der Waals surface area contributed by atoms with Gasteiger partial charge in [-0.2, -0.15) is 0 Å². The van der Waals surface area contributed by atoms with Crippen molar-refractivity contribution in [3.05, 3.63) is 78.3 Å². The lowest BCUT2D eigenvalue weighted by molar-refractivity contribution is 0.0995. The van der Waals surface area contributed by atoms with Crippen LogP contribution in [0.25, 0.3) is 0 Å². The number of aryl methyl sites for hydroxylation is 1. The summed E-state index contributed by atoms with van der Waals surface area (Å²) in [6, 6.07) is 18.4. The number of amides is 1. The molecule has 0 fully saturated rings. The number of carbonyl (C=O) groups excluding carboxylic acids is 1. The van der Waals surface area contributed by atoms with E-state index in [1.807, 2.05) is 6.07 Å². The largest absolute Gasteiger partial charge is 0.456 e. The first-order valence-corrected chi connectivity index (χ1v) is 9.92. The van der Waals surface area contributed by atoms with Gasteiger partial charge in [-0.05, 0) is 50.2 Å². The number of hydrogen-bond acceptors (Lipinski definition) is 4. The Bertz CT molecular complexity index is 1040. The molecule has 0 unspecified atom stereocenters. The molecule has 1 amide bonds. The lowest BCUT2D eigenvalue weighted by atomic mass is 10.3. The molecule has 0 radical (unpaired) electrons. The van der Waals surface area contributed by atoms with Crippen LogP contribution in [0.4, 0.5) is 11.4 Å². The van der Waals surface area contributed by atoms with Crippen molar-refractivity contribution in [3.63, 3.8) is 0 Å². The van der Waals surface area contributed by atoms with Crippen molar-refractivity contribution in [2.75, 3.05) is 16.2 Å². The molecular weight excluding hydrogens is 364 g/mol. The summed E-state index contributed by atoms with van der Waals surface area (Å²) in [5, 5.41) is 2.64. The van der Waals surface area contributed by atoms with E-state index in [-0.39, 0.29) is 22.9 Å². The summed E-state index contributed by atoms with van der Waals surface area (Å²) >= 11 is 0. The van der Waals surface area contributed by atoms with Gasteiger partial charge in [-0.1, -0.05) is 30.3 Å². The van der Waals surface area contributed by atoms with Gasteiger partial charge >= 0.3 is 0 Å². The lowest BCUT2D eigenvalue weighted by Crippen LogP contribution is -2.31. The van der Waals surface area contributed by atoms with Crippen LogP contribution in [0.1, 0.15) is 23.2 Å². The molecule has 0 bridgehead atoms. The Kier molecular flexibility index (Phi) is 5.32. The zero-order valence-electron chi connectivity index (χ0n) is 15.0. The first kappa shape index (κ1) is 18.7. The van der Waals surface area contributed by atoms with Gasteiger partial charge in [-0.15, -0.1) is 0 Å². The molecule has 0 spiro atoms. The normalized spacial score (nSPS) is 11.2. The minimum atomic E-state index is -3.87. The molecule has 1 N–H and O–H groups in total. The molecule has 3 aromatic rings. The first-order valence-electron chi connectivity index (χ1n) is 8.48. The summed E-state index contributed by atoms with van der Waals surface area (Å²) < 4.78 is 33.1. The first-order chi connectivity index (χ1) is 12.9. The van der Waals surface area contributed by atoms with Crippen LogP contribution in [0.5, 0.6) is 0 Å². The van der Waals surface area contributed by atoms with Gasteiger partial charge in [0.1, 0.15) is 10.7 Å². The smallest absolute Gasteiger partial charge is 0.291 e. The van der Waals surface area contributed by atoms with Crippen LogP contribution in [0.2, 0.25) is 0 Å². The fourth-order valence-corrected chi connectivity index (χ4v) is 4.36. The number of hydrogen-bond donors (Lipinski definition) is 1. The predicted molar refractivity (Wildman–Crippen MR) is 104 cm³/mol. The minimum absolute atomic E-state index is 0.0207. The Labute approximate surface area is 158 Å². The highest BCUT2D eigenvalue weighted by molar-refractivity contribution is 7.93. The fourth-order valence-electron chi connectivity index (χ4n) is 2.74. The summed E-state index contributed by atoms with van der Waals surface area (Å²) in [6.07, 6.45) is 0. The number of para-hydroxylation sites is 2. The third kappa shape index (κ3) is 3.88. The van der Waals surface area contributed by atoms with Crippen molar-refractivity contribution in [2.45, 2.75) is 18.7 Å². The fraction of sp³-hybridized carbons (Fsp3) is 0.150. The number of nitrogens with zero attached hydrogens (tertiary/aromatic N) is 1. The molecule has 7 heteroatoms. The maximum absolute atomic E-state index is 13.3. The van der Waals surface area contributed by atoms with E-state index >= 15 is 0 Å². The third-order valence-electron chi connectivity index (χ3n) is 4.00. The minimum Gasteiger partial charge on any atom is -0.456 e. The molecule has 0 aliphatic heterocycles. The van der Waals surface area contributed by atoms with Crippen molar-refractivity contribution >= 4 is 27.3 Å². The van der Waals surface area contributed by atoms with Gasteiger partial charge < -0.3 is 9.73 Å². The van der Waals surface area contributed by atoms with E-state index in [0.29, 0.717) is 11.4 Å². The van der Waals surface area contributed by atoms with E-state index < -0.39 is 15.9 Å². The summed E-state index contributed by atoms with van der Waals surface area (Å²) in [5.74, 6) is 0.214. The van der Waals surface area contributed by atoms with E-state index in [1.54, 1.807) is 68.4 Å². The molecular formula is C20H20N2O4S. The number of benzene rings is 2. The van der Waals surface area contributed by atoms with Crippen LogP contribution in [0.15, 0.2) is 76.0 Å². The highest BCUT2D eigenvalue weighted by Crippen LogP contribution is 2.28. The van der Waals surface area contributed by atoms with E-state index in [1.165, 1.54) is 10.4 Å². The van der Waals surface area contributed by atoms with Crippen LogP contribution < -0.4 is 9.62 Å².